The first kappa shape index (κ1) is 19.1. The van der Waals surface area contributed by atoms with Crippen LogP contribution in [0.4, 0.5) is 0 Å². The molecule has 0 heterocycles. The van der Waals surface area contributed by atoms with Gasteiger partial charge in [-0.25, -0.2) is 0 Å². The Kier molecular flexibility index (Phi) is 5.90. The number of carbonyl (C=O) groups excluding carboxylic acids is 1. The van der Waals surface area contributed by atoms with E-state index in [1.165, 1.54) is 11.1 Å². The molecule has 2 rings (SSSR count). The molecule has 3 unspecified atom stereocenters. The molecule has 0 amide bonds. The summed E-state index contributed by atoms with van der Waals surface area (Å²) in [5, 5.41) is 0. The third kappa shape index (κ3) is 4.63. The van der Waals surface area contributed by atoms with Crippen LogP contribution in [0.15, 0.2) is 53.6 Å². The minimum Gasteiger partial charge on any atom is -0.444 e. The van der Waals surface area contributed by atoms with E-state index in [1.807, 2.05) is 31.2 Å². The minimum atomic E-state index is -0.597. The molecule has 1 aromatic rings. The van der Waals surface area contributed by atoms with Crippen molar-refractivity contribution >= 4 is 5.97 Å². The maximum atomic E-state index is 12.6. The fraction of sp³-hybridized carbons (Fsp3) is 0.435. The summed E-state index contributed by atoms with van der Waals surface area (Å²) in [7, 11) is 0. The van der Waals surface area contributed by atoms with Crippen molar-refractivity contribution < 1.29 is 9.53 Å². The summed E-state index contributed by atoms with van der Waals surface area (Å²) < 4.78 is 5.65. The molecule has 1 aromatic carbocycles. The molecule has 1 saturated carbocycles. The summed E-state index contributed by atoms with van der Waals surface area (Å²) in [6, 6.07) is 10.1. The SMILES string of the molecule is C#CC(OC(=O)C1C(C=C(C)C)C1(C)C)C(C)=CCc1ccccc1. The largest absolute Gasteiger partial charge is 0.444 e. The van der Waals surface area contributed by atoms with Crippen molar-refractivity contribution in [3.8, 4) is 12.3 Å². The first-order valence-corrected chi connectivity index (χ1v) is 8.79. The number of allylic oxidation sites excluding steroid dienone is 3. The Balaban J connectivity index is 2.01. The van der Waals surface area contributed by atoms with E-state index >= 15 is 0 Å². The van der Waals surface area contributed by atoms with Gasteiger partial charge in [0, 0.05) is 0 Å². The average Bonchev–Trinajstić information content (AvgIpc) is 3.10. The Morgan fingerprint density at radius 3 is 2.48 bits per heavy atom. The van der Waals surface area contributed by atoms with E-state index in [9.17, 15) is 4.79 Å². The van der Waals surface area contributed by atoms with Crippen molar-refractivity contribution in [1.29, 1.82) is 0 Å². The van der Waals surface area contributed by atoms with E-state index in [-0.39, 0.29) is 23.2 Å². The molecule has 1 fully saturated rings. The lowest BCUT2D eigenvalue weighted by molar-refractivity contribution is -0.147. The zero-order chi connectivity index (χ0) is 18.6. The van der Waals surface area contributed by atoms with Gasteiger partial charge in [0.2, 0.25) is 0 Å². The van der Waals surface area contributed by atoms with Crippen molar-refractivity contribution in [3.05, 3.63) is 59.2 Å². The second-order valence-corrected chi connectivity index (χ2v) is 7.69. The van der Waals surface area contributed by atoms with Crippen LogP contribution < -0.4 is 0 Å². The molecule has 0 bridgehead atoms. The van der Waals surface area contributed by atoms with Crippen LogP contribution in [0.5, 0.6) is 0 Å². The zero-order valence-electron chi connectivity index (χ0n) is 15.9. The van der Waals surface area contributed by atoms with Gasteiger partial charge < -0.3 is 4.74 Å². The Bertz CT molecular complexity index is 712. The second kappa shape index (κ2) is 7.74. The van der Waals surface area contributed by atoms with Gasteiger partial charge in [-0.2, -0.15) is 0 Å². The summed E-state index contributed by atoms with van der Waals surface area (Å²) in [6.07, 6.45) is 9.99. The van der Waals surface area contributed by atoms with E-state index in [4.69, 9.17) is 11.2 Å². The van der Waals surface area contributed by atoms with Crippen molar-refractivity contribution in [2.45, 2.75) is 47.1 Å². The number of benzene rings is 1. The molecule has 3 atom stereocenters. The molecule has 0 saturated heterocycles. The quantitative estimate of drug-likeness (QED) is 0.417. The van der Waals surface area contributed by atoms with Crippen LogP contribution in [-0.2, 0) is 16.0 Å². The number of ether oxygens (including phenoxy) is 1. The number of hydrogen-bond acceptors (Lipinski definition) is 2. The van der Waals surface area contributed by atoms with Crippen LogP contribution in [-0.4, -0.2) is 12.1 Å². The highest BCUT2D eigenvalue weighted by atomic mass is 16.5. The first-order chi connectivity index (χ1) is 11.8. The molecule has 1 aliphatic rings. The van der Waals surface area contributed by atoms with E-state index < -0.39 is 6.10 Å². The Morgan fingerprint density at radius 2 is 1.92 bits per heavy atom. The molecule has 1 aliphatic carbocycles. The molecule has 25 heavy (non-hydrogen) atoms. The maximum Gasteiger partial charge on any atom is 0.311 e. The number of esters is 1. The molecular weight excluding hydrogens is 308 g/mol. The number of carbonyl (C=O) groups is 1. The standard InChI is InChI=1S/C23H28O2/c1-7-20(17(4)13-14-18-11-9-8-10-12-18)25-22(24)21-19(15-16(2)3)23(21,5)6/h1,8-13,15,19-21H,14H2,2-6H3. The summed E-state index contributed by atoms with van der Waals surface area (Å²) >= 11 is 0. The molecule has 0 spiro atoms. The fourth-order valence-corrected chi connectivity index (χ4v) is 3.25. The van der Waals surface area contributed by atoms with Gasteiger partial charge in [0.1, 0.15) is 0 Å². The minimum absolute atomic E-state index is 0.0604. The van der Waals surface area contributed by atoms with E-state index in [0.717, 1.165) is 12.0 Å². The van der Waals surface area contributed by atoms with Crippen molar-refractivity contribution in [2.75, 3.05) is 0 Å². The van der Waals surface area contributed by atoms with Gasteiger partial charge in [-0.15, -0.1) is 6.42 Å². The van der Waals surface area contributed by atoms with Crippen molar-refractivity contribution in [3.63, 3.8) is 0 Å². The zero-order valence-corrected chi connectivity index (χ0v) is 15.9. The predicted molar refractivity (Wildman–Crippen MR) is 103 cm³/mol. The first-order valence-electron chi connectivity index (χ1n) is 8.79. The fourth-order valence-electron chi connectivity index (χ4n) is 3.25. The van der Waals surface area contributed by atoms with E-state index in [2.05, 4.69) is 51.8 Å². The van der Waals surface area contributed by atoms with Gasteiger partial charge in [-0.1, -0.05) is 67.8 Å². The molecule has 0 aromatic heterocycles. The lowest BCUT2D eigenvalue weighted by Crippen LogP contribution is -2.20. The van der Waals surface area contributed by atoms with E-state index in [1.54, 1.807) is 0 Å². The Hall–Kier alpha value is -2.27. The number of hydrogen-bond donors (Lipinski definition) is 0. The highest BCUT2D eigenvalue weighted by Gasteiger charge is 2.61. The van der Waals surface area contributed by atoms with Crippen LogP contribution in [0.3, 0.4) is 0 Å². The molecular formula is C23H28O2. The Labute approximate surface area is 152 Å². The van der Waals surface area contributed by atoms with Crippen LogP contribution in [0.1, 0.15) is 40.2 Å². The smallest absolute Gasteiger partial charge is 0.311 e. The van der Waals surface area contributed by atoms with Crippen molar-refractivity contribution in [2.24, 2.45) is 17.3 Å². The molecule has 2 heteroatoms. The van der Waals surface area contributed by atoms with Gasteiger partial charge in [-0.05, 0) is 49.7 Å². The summed E-state index contributed by atoms with van der Waals surface area (Å²) in [6.45, 7) is 10.2. The number of terminal acetylenes is 1. The summed E-state index contributed by atoms with van der Waals surface area (Å²) in [5.74, 6) is 2.54. The second-order valence-electron chi connectivity index (χ2n) is 7.69. The molecule has 2 nitrogen and oxygen atoms in total. The number of rotatable bonds is 6. The van der Waals surface area contributed by atoms with Gasteiger partial charge in [-0.3, -0.25) is 4.79 Å². The van der Waals surface area contributed by atoms with E-state index in [0.29, 0.717) is 0 Å². The van der Waals surface area contributed by atoms with Crippen LogP contribution >= 0.6 is 0 Å². The molecule has 132 valence electrons. The summed E-state index contributed by atoms with van der Waals surface area (Å²) in [4.78, 5) is 12.6. The maximum absolute atomic E-state index is 12.6. The highest BCUT2D eigenvalue weighted by Crippen LogP contribution is 2.59. The predicted octanol–water partition coefficient (Wildman–Crippen LogP) is 4.96. The average molecular weight is 336 g/mol. The lowest BCUT2D eigenvalue weighted by atomic mass is 10.1. The van der Waals surface area contributed by atoms with Crippen LogP contribution in [0, 0.1) is 29.6 Å². The molecule has 0 N–H and O–H groups in total. The van der Waals surface area contributed by atoms with Gasteiger partial charge in [0.25, 0.3) is 0 Å². The van der Waals surface area contributed by atoms with Gasteiger partial charge in [0.15, 0.2) is 6.10 Å². The molecule has 0 radical (unpaired) electrons. The van der Waals surface area contributed by atoms with Crippen LogP contribution in [0.25, 0.3) is 0 Å². The lowest BCUT2D eigenvalue weighted by Gasteiger charge is -2.14. The van der Waals surface area contributed by atoms with Crippen molar-refractivity contribution in [1.82, 2.24) is 0 Å². The topological polar surface area (TPSA) is 26.3 Å². The highest BCUT2D eigenvalue weighted by molar-refractivity contribution is 5.79. The van der Waals surface area contributed by atoms with Gasteiger partial charge >= 0.3 is 5.97 Å². The van der Waals surface area contributed by atoms with Crippen LogP contribution in [0.2, 0.25) is 0 Å². The van der Waals surface area contributed by atoms with Gasteiger partial charge in [0.05, 0.1) is 5.92 Å². The third-order valence-electron chi connectivity index (χ3n) is 4.98. The molecule has 0 aliphatic heterocycles. The third-order valence-corrected chi connectivity index (χ3v) is 4.98. The normalized spacial score (nSPS) is 22.5. The monoisotopic (exact) mass is 336 g/mol. The Morgan fingerprint density at radius 1 is 1.28 bits per heavy atom. The summed E-state index contributed by atoms with van der Waals surface area (Å²) in [5.41, 5.74) is 3.27.